The van der Waals surface area contributed by atoms with Crippen LogP contribution in [-0.4, -0.2) is 43.6 Å². The van der Waals surface area contributed by atoms with Crippen molar-refractivity contribution in [3.8, 4) is 0 Å². The fourth-order valence-corrected chi connectivity index (χ4v) is 3.96. The quantitative estimate of drug-likeness (QED) is 0.923. The highest BCUT2D eigenvalue weighted by molar-refractivity contribution is 8.00. The number of thioether (sulfide) groups is 1. The van der Waals surface area contributed by atoms with Gasteiger partial charge >= 0.3 is 5.97 Å². The van der Waals surface area contributed by atoms with E-state index in [0.29, 0.717) is 11.3 Å². The van der Waals surface area contributed by atoms with Crippen molar-refractivity contribution in [2.45, 2.75) is 18.3 Å². The molecule has 2 aromatic rings. The first kappa shape index (κ1) is 14.0. The highest BCUT2D eigenvalue weighted by Gasteiger charge is 2.40. The molecule has 6 heteroatoms. The Balaban J connectivity index is 2.06. The Morgan fingerprint density at radius 1 is 1.33 bits per heavy atom. The molecule has 110 valence electrons. The van der Waals surface area contributed by atoms with Gasteiger partial charge < -0.3 is 14.6 Å². The summed E-state index contributed by atoms with van der Waals surface area (Å²) in [7, 11) is 1.88. The molecule has 1 aliphatic rings. The third-order valence-corrected chi connectivity index (χ3v) is 5.09. The van der Waals surface area contributed by atoms with E-state index in [2.05, 4.69) is 0 Å². The standard InChI is InChI=1S/C15H16N2O3S/c1-9-17(13(8-21-9)15(19)20)14(18)11-7-16(2)12-6-4-3-5-10(11)12/h3-7,9,13H,8H2,1-2H3,(H,19,20). The number of aromatic nitrogens is 1. The molecule has 0 saturated carbocycles. The van der Waals surface area contributed by atoms with Crippen molar-refractivity contribution in [3.63, 3.8) is 0 Å². The van der Waals surface area contributed by atoms with Crippen molar-refractivity contribution in [2.75, 3.05) is 5.75 Å². The maximum atomic E-state index is 12.8. The Morgan fingerprint density at radius 3 is 2.76 bits per heavy atom. The summed E-state index contributed by atoms with van der Waals surface area (Å²) in [6.07, 6.45) is 1.78. The van der Waals surface area contributed by atoms with Crippen LogP contribution in [0.2, 0.25) is 0 Å². The van der Waals surface area contributed by atoms with E-state index in [4.69, 9.17) is 0 Å². The number of benzene rings is 1. The smallest absolute Gasteiger partial charge is 0.327 e. The maximum Gasteiger partial charge on any atom is 0.327 e. The molecule has 3 rings (SSSR count). The molecule has 0 spiro atoms. The number of carboxylic acids is 1. The fourth-order valence-electron chi connectivity index (χ4n) is 2.79. The second kappa shape index (κ2) is 5.11. The molecule has 1 amide bonds. The van der Waals surface area contributed by atoms with Crippen molar-refractivity contribution < 1.29 is 14.7 Å². The Bertz CT molecular complexity index is 725. The summed E-state index contributed by atoms with van der Waals surface area (Å²) < 4.78 is 1.90. The van der Waals surface area contributed by atoms with Gasteiger partial charge in [-0.15, -0.1) is 11.8 Å². The van der Waals surface area contributed by atoms with Crippen LogP contribution < -0.4 is 0 Å². The second-order valence-corrected chi connectivity index (χ2v) is 6.52. The number of aryl methyl sites for hydroxylation is 1. The number of rotatable bonds is 2. The van der Waals surface area contributed by atoms with Crippen molar-refractivity contribution in [1.82, 2.24) is 9.47 Å². The third-order valence-electron chi connectivity index (χ3n) is 3.87. The van der Waals surface area contributed by atoms with Crippen LogP contribution in [0.25, 0.3) is 10.9 Å². The lowest BCUT2D eigenvalue weighted by Crippen LogP contribution is -2.44. The number of carboxylic acid groups (broad SMARTS) is 1. The number of carbonyl (C=O) groups is 2. The van der Waals surface area contributed by atoms with Crippen LogP contribution in [0.4, 0.5) is 0 Å². The van der Waals surface area contributed by atoms with Gasteiger partial charge in [-0.3, -0.25) is 4.79 Å². The molecule has 1 saturated heterocycles. The van der Waals surface area contributed by atoms with Gasteiger partial charge in [0.1, 0.15) is 6.04 Å². The number of fused-ring (bicyclic) bond motifs is 1. The predicted molar refractivity (Wildman–Crippen MR) is 82.4 cm³/mol. The monoisotopic (exact) mass is 304 g/mol. The number of hydrogen-bond donors (Lipinski definition) is 1. The first-order chi connectivity index (χ1) is 10.0. The van der Waals surface area contributed by atoms with Crippen LogP contribution in [0, 0.1) is 0 Å². The topological polar surface area (TPSA) is 62.5 Å². The molecular weight excluding hydrogens is 288 g/mol. The summed E-state index contributed by atoms with van der Waals surface area (Å²) in [5, 5.41) is 10.0. The Morgan fingerprint density at radius 2 is 2.05 bits per heavy atom. The normalized spacial score (nSPS) is 21.9. The summed E-state index contributed by atoms with van der Waals surface area (Å²) in [6, 6.07) is 6.90. The van der Waals surface area contributed by atoms with E-state index < -0.39 is 12.0 Å². The second-order valence-electron chi connectivity index (χ2n) is 5.17. The van der Waals surface area contributed by atoms with Gasteiger partial charge in [0.05, 0.1) is 10.9 Å². The molecule has 21 heavy (non-hydrogen) atoms. The molecular formula is C15H16N2O3S. The van der Waals surface area contributed by atoms with E-state index in [9.17, 15) is 14.7 Å². The first-order valence-corrected chi connectivity index (χ1v) is 7.76. The van der Waals surface area contributed by atoms with Crippen LogP contribution in [0.5, 0.6) is 0 Å². The van der Waals surface area contributed by atoms with Crippen molar-refractivity contribution in [3.05, 3.63) is 36.0 Å². The summed E-state index contributed by atoms with van der Waals surface area (Å²) in [4.78, 5) is 25.7. The molecule has 0 bridgehead atoms. The van der Waals surface area contributed by atoms with Crippen LogP contribution >= 0.6 is 11.8 Å². The number of amides is 1. The van der Waals surface area contributed by atoms with E-state index >= 15 is 0 Å². The summed E-state index contributed by atoms with van der Waals surface area (Å²) in [5.74, 6) is -0.718. The van der Waals surface area contributed by atoms with Gasteiger partial charge in [0.25, 0.3) is 5.91 Å². The zero-order valence-corrected chi connectivity index (χ0v) is 12.6. The molecule has 1 aromatic heterocycles. The summed E-state index contributed by atoms with van der Waals surface area (Å²) >= 11 is 1.49. The number of para-hydroxylation sites is 1. The average molecular weight is 304 g/mol. The van der Waals surface area contributed by atoms with Crippen molar-refractivity contribution in [1.29, 1.82) is 0 Å². The lowest BCUT2D eigenvalue weighted by Gasteiger charge is -2.24. The number of nitrogens with zero attached hydrogens (tertiary/aromatic N) is 2. The summed E-state index contributed by atoms with van der Waals surface area (Å²) in [6.45, 7) is 1.87. The number of hydrogen-bond acceptors (Lipinski definition) is 3. The van der Waals surface area contributed by atoms with Gasteiger partial charge in [-0.25, -0.2) is 4.79 Å². The largest absolute Gasteiger partial charge is 0.480 e. The molecule has 0 radical (unpaired) electrons. The lowest BCUT2D eigenvalue weighted by atomic mass is 10.1. The van der Waals surface area contributed by atoms with Gasteiger partial charge in [0, 0.05) is 29.9 Å². The maximum absolute atomic E-state index is 12.8. The Hall–Kier alpha value is -1.95. The SMILES string of the molecule is CC1SCC(C(=O)O)N1C(=O)c1cn(C)c2ccccc12. The third kappa shape index (κ3) is 2.19. The van der Waals surface area contributed by atoms with Crippen LogP contribution in [0.3, 0.4) is 0 Å². The molecule has 5 nitrogen and oxygen atoms in total. The summed E-state index contributed by atoms with van der Waals surface area (Å²) in [5.41, 5.74) is 1.53. The van der Waals surface area contributed by atoms with Crippen LogP contribution in [0.1, 0.15) is 17.3 Å². The number of aliphatic carboxylic acids is 1. The molecule has 0 aliphatic carbocycles. The van der Waals surface area contributed by atoms with Crippen molar-refractivity contribution in [2.24, 2.45) is 7.05 Å². The Labute approximate surface area is 126 Å². The van der Waals surface area contributed by atoms with Gasteiger partial charge in [-0.05, 0) is 13.0 Å². The van der Waals surface area contributed by atoms with E-state index in [-0.39, 0.29) is 11.3 Å². The molecule has 2 heterocycles. The van der Waals surface area contributed by atoms with Gasteiger partial charge in [-0.2, -0.15) is 0 Å². The Kier molecular flexibility index (Phi) is 3.41. The lowest BCUT2D eigenvalue weighted by molar-refractivity contribution is -0.141. The van der Waals surface area contributed by atoms with Crippen LogP contribution in [-0.2, 0) is 11.8 Å². The van der Waals surface area contributed by atoms with Gasteiger partial charge in [0.2, 0.25) is 0 Å². The molecule has 2 unspecified atom stereocenters. The average Bonchev–Trinajstić information content (AvgIpc) is 3.00. The van der Waals surface area contributed by atoms with Gasteiger partial charge in [0.15, 0.2) is 0 Å². The van der Waals surface area contributed by atoms with E-state index in [1.807, 2.05) is 42.8 Å². The van der Waals surface area contributed by atoms with E-state index in [0.717, 1.165) is 10.9 Å². The molecule has 1 aliphatic heterocycles. The van der Waals surface area contributed by atoms with E-state index in [1.165, 1.54) is 16.7 Å². The predicted octanol–water partition coefficient (Wildman–Crippen LogP) is 2.17. The minimum Gasteiger partial charge on any atom is -0.480 e. The minimum absolute atomic E-state index is 0.127. The van der Waals surface area contributed by atoms with Crippen molar-refractivity contribution >= 4 is 34.5 Å². The van der Waals surface area contributed by atoms with Crippen LogP contribution in [0.15, 0.2) is 30.5 Å². The van der Waals surface area contributed by atoms with E-state index in [1.54, 1.807) is 6.20 Å². The molecule has 2 atom stereocenters. The number of carbonyl (C=O) groups excluding carboxylic acids is 1. The minimum atomic E-state index is -0.944. The molecule has 1 N–H and O–H groups in total. The highest BCUT2D eigenvalue weighted by atomic mass is 32.2. The highest BCUT2D eigenvalue weighted by Crippen LogP contribution is 2.32. The molecule has 1 aromatic carbocycles. The zero-order chi connectivity index (χ0) is 15.1. The molecule has 1 fully saturated rings. The van der Waals surface area contributed by atoms with Gasteiger partial charge in [-0.1, -0.05) is 18.2 Å². The zero-order valence-electron chi connectivity index (χ0n) is 11.8. The fraction of sp³-hybridized carbons (Fsp3) is 0.333. The first-order valence-electron chi connectivity index (χ1n) is 6.72.